The van der Waals surface area contributed by atoms with Gasteiger partial charge in [-0.25, -0.2) is 4.79 Å². The molecule has 1 aliphatic carbocycles. The second-order valence-electron chi connectivity index (χ2n) is 5.50. The first kappa shape index (κ1) is 19.9. The van der Waals surface area contributed by atoms with E-state index in [-0.39, 0.29) is 42.5 Å². The average molecular weight is 439 g/mol. The Morgan fingerprint density at radius 3 is 2.70 bits per heavy atom. The Bertz CT molecular complexity index is 413. The van der Waals surface area contributed by atoms with Crippen LogP contribution in [0.25, 0.3) is 0 Å². The summed E-state index contributed by atoms with van der Waals surface area (Å²) in [6.45, 7) is 3.30. The molecule has 0 aromatic rings. The van der Waals surface area contributed by atoms with Gasteiger partial charge in [0, 0.05) is 39.9 Å². The molecule has 3 amide bonds. The van der Waals surface area contributed by atoms with Crippen LogP contribution in [0.3, 0.4) is 0 Å². The van der Waals surface area contributed by atoms with E-state index in [1.165, 1.54) is 17.7 Å². The van der Waals surface area contributed by atoms with Crippen LogP contribution in [0.2, 0.25) is 0 Å². The van der Waals surface area contributed by atoms with Gasteiger partial charge in [-0.1, -0.05) is 0 Å². The van der Waals surface area contributed by atoms with Crippen LogP contribution in [0.1, 0.15) is 19.3 Å². The van der Waals surface area contributed by atoms with Crippen LogP contribution in [0.4, 0.5) is 4.79 Å². The third kappa shape index (κ3) is 7.34. The van der Waals surface area contributed by atoms with E-state index in [4.69, 9.17) is 4.74 Å². The molecule has 0 bridgehead atoms. The van der Waals surface area contributed by atoms with E-state index in [0.717, 1.165) is 32.1 Å². The molecule has 0 unspecified atom stereocenters. The first-order valence-electron chi connectivity index (χ1n) is 7.81. The third-order valence-corrected chi connectivity index (χ3v) is 3.60. The van der Waals surface area contributed by atoms with Gasteiger partial charge in [0.05, 0.1) is 6.54 Å². The van der Waals surface area contributed by atoms with Crippen molar-refractivity contribution in [1.29, 1.82) is 0 Å². The van der Waals surface area contributed by atoms with Gasteiger partial charge >= 0.3 is 6.03 Å². The smallest absolute Gasteiger partial charge is 0.324 e. The minimum atomic E-state index is -0.331. The molecular weight excluding hydrogens is 413 g/mol. The van der Waals surface area contributed by atoms with E-state index >= 15 is 0 Å². The molecule has 2 aliphatic rings. The minimum Gasteiger partial charge on any atom is -0.381 e. The van der Waals surface area contributed by atoms with Crippen molar-refractivity contribution in [1.82, 2.24) is 20.9 Å². The lowest BCUT2D eigenvalue weighted by atomic mass is 10.4. The van der Waals surface area contributed by atoms with Crippen LogP contribution >= 0.6 is 24.0 Å². The maximum atomic E-state index is 11.4. The van der Waals surface area contributed by atoms with Gasteiger partial charge in [-0.05, 0) is 25.2 Å². The lowest BCUT2D eigenvalue weighted by Crippen LogP contribution is -2.43. The summed E-state index contributed by atoms with van der Waals surface area (Å²) in [5, 5.41) is 8.74. The summed E-state index contributed by atoms with van der Waals surface area (Å²) in [6.07, 6.45) is 3.54. The van der Waals surface area contributed by atoms with Crippen molar-refractivity contribution >= 4 is 41.9 Å². The molecule has 8 nitrogen and oxygen atoms in total. The molecule has 9 heteroatoms. The normalized spacial score (nSPS) is 17.8. The number of urea groups is 1. The zero-order valence-electron chi connectivity index (χ0n) is 13.5. The van der Waals surface area contributed by atoms with Crippen LogP contribution in [0.15, 0.2) is 4.99 Å². The number of hydrogen-bond acceptors (Lipinski definition) is 4. The maximum Gasteiger partial charge on any atom is 0.324 e. The number of rotatable bonds is 9. The van der Waals surface area contributed by atoms with Gasteiger partial charge in [0.1, 0.15) is 0 Å². The molecule has 1 saturated carbocycles. The van der Waals surface area contributed by atoms with E-state index in [2.05, 4.69) is 20.9 Å². The second kappa shape index (κ2) is 10.6. The van der Waals surface area contributed by atoms with Crippen molar-refractivity contribution in [2.45, 2.75) is 19.3 Å². The highest BCUT2D eigenvalue weighted by atomic mass is 127. The molecule has 2 fully saturated rings. The number of nitrogens with one attached hydrogen (secondary N) is 3. The van der Waals surface area contributed by atoms with Crippen LogP contribution in [0, 0.1) is 5.92 Å². The standard InChI is InChI=1S/C14H25N5O3.HI/c1-15-13(16-5-2-8-22-10-11-3-4-11)17-6-7-19-12(20)9-18-14(19)21;/h11H,2-10H2,1H3,(H,18,21)(H2,15,16,17);1H. The van der Waals surface area contributed by atoms with Crippen molar-refractivity contribution in [2.75, 3.05) is 46.4 Å². The number of imide groups is 1. The van der Waals surface area contributed by atoms with Gasteiger partial charge in [-0.15, -0.1) is 24.0 Å². The number of carbonyl (C=O) groups is 2. The van der Waals surface area contributed by atoms with Crippen molar-refractivity contribution in [3.8, 4) is 0 Å². The highest BCUT2D eigenvalue weighted by Gasteiger charge is 2.27. The average Bonchev–Trinajstić information content (AvgIpc) is 3.29. The Labute approximate surface area is 153 Å². The van der Waals surface area contributed by atoms with Gasteiger partial charge in [0.2, 0.25) is 5.91 Å². The number of hydrogen-bond donors (Lipinski definition) is 3. The summed E-state index contributed by atoms with van der Waals surface area (Å²) in [4.78, 5) is 28.1. The predicted octanol–water partition coefficient (Wildman–Crippen LogP) is 0.138. The van der Waals surface area contributed by atoms with E-state index in [1.807, 2.05) is 0 Å². The van der Waals surface area contributed by atoms with Crippen LogP contribution in [0.5, 0.6) is 0 Å². The van der Waals surface area contributed by atoms with Gasteiger partial charge < -0.3 is 20.7 Å². The number of nitrogens with zero attached hydrogens (tertiary/aromatic N) is 2. The molecule has 2 rings (SSSR count). The Kier molecular flexibility index (Phi) is 9.22. The topological polar surface area (TPSA) is 95.1 Å². The van der Waals surface area contributed by atoms with Crippen molar-refractivity contribution in [2.24, 2.45) is 10.9 Å². The maximum absolute atomic E-state index is 11.4. The van der Waals surface area contributed by atoms with Crippen LogP contribution in [-0.2, 0) is 9.53 Å². The SMILES string of the molecule is CN=C(NCCCOCC1CC1)NCCN1C(=O)CNC1=O.I. The highest BCUT2D eigenvalue weighted by Crippen LogP contribution is 2.28. The van der Waals surface area contributed by atoms with E-state index < -0.39 is 0 Å². The van der Waals surface area contributed by atoms with Gasteiger partial charge in [-0.2, -0.15) is 0 Å². The molecule has 0 spiro atoms. The summed E-state index contributed by atoms with van der Waals surface area (Å²) >= 11 is 0. The quantitative estimate of drug-likeness (QED) is 0.156. The summed E-state index contributed by atoms with van der Waals surface area (Å²) in [7, 11) is 1.69. The number of halogens is 1. The van der Waals surface area contributed by atoms with Gasteiger partial charge in [-0.3, -0.25) is 14.7 Å². The zero-order valence-corrected chi connectivity index (χ0v) is 15.8. The van der Waals surface area contributed by atoms with Crippen molar-refractivity contribution in [3.05, 3.63) is 0 Å². The number of amides is 3. The second-order valence-corrected chi connectivity index (χ2v) is 5.50. The van der Waals surface area contributed by atoms with Crippen molar-refractivity contribution < 1.29 is 14.3 Å². The predicted molar refractivity (Wildman–Crippen MR) is 98.1 cm³/mol. The first-order chi connectivity index (χ1) is 10.7. The molecule has 1 aliphatic heterocycles. The lowest BCUT2D eigenvalue weighted by molar-refractivity contribution is -0.124. The van der Waals surface area contributed by atoms with Crippen LogP contribution < -0.4 is 16.0 Å². The van der Waals surface area contributed by atoms with Gasteiger partial charge in [0.15, 0.2) is 5.96 Å². The summed E-state index contributed by atoms with van der Waals surface area (Å²) < 4.78 is 5.56. The number of ether oxygens (including phenoxy) is 1. The fourth-order valence-electron chi connectivity index (χ4n) is 2.10. The van der Waals surface area contributed by atoms with Crippen molar-refractivity contribution in [3.63, 3.8) is 0 Å². The minimum absolute atomic E-state index is 0. The monoisotopic (exact) mass is 439 g/mol. The molecule has 0 aromatic carbocycles. The molecule has 3 N–H and O–H groups in total. The Hall–Kier alpha value is -1.10. The van der Waals surface area contributed by atoms with E-state index in [9.17, 15) is 9.59 Å². The fraction of sp³-hybridized carbons (Fsp3) is 0.786. The third-order valence-electron chi connectivity index (χ3n) is 3.60. The fourth-order valence-corrected chi connectivity index (χ4v) is 2.10. The first-order valence-corrected chi connectivity index (χ1v) is 7.81. The number of aliphatic imine (C=N–C) groups is 1. The molecule has 0 atom stereocenters. The number of carbonyl (C=O) groups excluding carboxylic acids is 2. The molecular formula is C14H26IN5O3. The van der Waals surface area contributed by atoms with E-state index in [1.54, 1.807) is 7.05 Å². The Morgan fingerprint density at radius 1 is 1.35 bits per heavy atom. The summed E-state index contributed by atoms with van der Waals surface area (Å²) in [5.41, 5.74) is 0. The molecule has 1 heterocycles. The molecule has 23 heavy (non-hydrogen) atoms. The molecule has 1 saturated heterocycles. The Morgan fingerprint density at radius 2 is 2.09 bits per heavy atom. The highest BCUT2D eigenvalue weighted by molar-refractivity contribution is 14.0. The number of guanidine groups is 1. The largest absolute Gasteiger partial charge is 0.381 e. The molecule has 0 aromatic heterocycles. The lowest BCUT2D eigenvalue weighted by Gasteiger charge is -2.15. The van der Waals surface area contributed by atoms with Crippen LogP contribution in [-0.4, -0.2) is 69.2 Å². The molecule has 132 valence electrons. The zero-order chi connectivity index (χ0) is 15.8. The summed E-state index contributed by atoms with van der Waals surface area (Å²) in [6, 6.07) is -0.331. The van der Waals surface area contributed by atoms with Gasteiger partial charge in [0.25, 0.3) is 0 Å². The van der Waals surface area contributed by atoms with E-state index in [0.29, 0.717) is 19.0 Å². The molecule has 0 radical (unpaired) electrons. The Balaban J connectivity index is 0.00000264. The summed E-state index contributed by atoms with van der Waals surface area (Å²) in [5.74, 6) is 1.27.